The molecule has 0 aromatic rings. The Kier molecular flexibility index (Phi) is 2.46. The second-order valence-corrected chi connectivity index (χ2v) is 3.33. The zero-order valence-corrected chi connectivity index (χ0v) is 8.16. The van der Waals surface area contributed by atoms with E-state index < -0.39 is 0 Å². The minimum Gasteiger partial charge on any atom is -0.288 e. The standard InChI is InChI=1S/C10H16NO/c1-5-6-10(9(4)12)11-7(2)8(11)3/h5-8H,1-4H3/q+1. The number of carbonyl (C=O) groups is 1. The summed E-state index contributed by atoms with van der Waals surface area (Å²) >= 11 is 0. The maximum atomic E-state index is 11.2. The van der Waals surface area contributed by atoms with Crippen LogP contribution in [0.5, 0.6) is 0 Å². The van der Waals surface area contributed by atoms with E-state index in [1.54, 1.807) is 6.92 Å². The third kappa shape index (κ3) is 1.47. The first kappa shape index (κ1) is 9.17. The van der Waals surface area contributed by atoms with Gasteiger partial charge in [-0.3, -0.25) is 4.79 Å². The van der Waals surface area contributed by atoms with E-state index in [-0.39, 0.29) is 5.78 Å². The Morgan fingerprint density at radius 1 is 1.33 bits per heavy atom. The molecule has 1 rings (SSSR count). The van der Waals surface area contributed by atoms with Crippen molar-refractivity contribution < 1.29 is 9.37 Å². The van der Waals surface area contributed by atoms with E-state index in [0.29, 0.717) is 12.1 Å². The summed E-state index contributed by atoms with van der Waals surface area (Å²) in [6.07, 6.45) is 3.80. The average molecular weight is 166 g/mol. The molecule has 1 saturated heterocycles. The lowest BCUT2D eigenvalue weighted by atomic mass is 10.2. The van der Waals surface area contributed by atoms with Crippen LogP contribution in [0.1, 0.15) is 27.7 Å². The molecule has 0 N–H and O–H groups in total. The third-order valence-corrected chi connectivity index (χ3v) is 2.45. The van der Waals surface area contributed by atoms with Crippen LogP contribution >= 0.6 is 0 Å². The first-order chi connectivity index (χ1) is 5.59. The smallest absolute Gasteiger partial charge is 0.243 e. The van der Waals surface area contributed by atoms with Crippen molar-refractivity contribution in [2.75, 3.05) is 0 Å². The van der Waals surface area contributed by atoms with Crippen LogP contribution < -0.4 is 0 Å². The molecular formula is C10H16NO+. The highest BCUT2D eigenvalue weighted by molar-refractivity contribution is 6.41. The molecule has 1 aliphatic rings. The number of rotatable bonds is 2. The Balaban J connectivity index is 2.95. The average Bonchev–Trinajstić information content (AvgIpc) is 2.56. The van der Waals surface area contributed by atoms with E-state index in [1.807, 2.05) is 19.1 Å². The van der Waals surface area contributed by atoms with Gasteiger partial charge in [-0.05, 0) is 6.92 Å². The number of Topliss-reactive ketones (excluding diaryl/α,β-unsaturated/α-hetero) is 1. The molecule has 0 aromatic carbocycles. The van der Waals surface area contributed by atoms with Crippen LogP contribution in [-0.4, -0.2) is 28.2 Å². The number of carbonyl (C=O) groups excluding carboxylic acids is 1. The molecule has 2 nitrogen and oxygen atoms in total. The zero-order valence-electron chi connectivity index (χ0n) is 8.16. The predicted molar refractivity (Wildman–Crippen MR) is 49.7 cm³/mol. The maximum Gasteiger partial charge on any atom is 0.243 e. The van der Waals surface area contributed by atoms with Gasteiger partial charge in [0.25, 0.3) is 0 Å². The van der Waals surface area contributed by atoms with Crippen molar-refractivity contribution >= 4 is 11.5 Å². The van der Waals surface area contributed by atoms with Gasteiger partial charge >= 0.3 is 0 Å². The van der Waals surface area contributed by atoms with Gasteiger partial charge in [0.05, 0.1) is 0 Å². The van der Waals surface area contributed by atoms with Gasteiger partial charge in [-0.1, -0.05) is 6.08 Å². The largest absolute Gasteiger partial charge is 0.288 e. The summed E-state index contributed by atoms with van der Waals surface area (Å²) in [6.45, 7) is 7.82. The van der Waals surface area contributed by atoms with E-state index in [2.05, 4.69) is 18.4 Å². The fourth-order valence-electron chi connectivity index (χ4n) is 1.49. The van der Waals surface area contributed by atoms with Crippen molar-refractivity contribution in [1.82, 2.24) is 0 Å². The van der Waals surface area contributed by atoms with Gasteiger partial charge in [-0.2, -0.15) is 0 Å². The lowest BCUT2D eigenvalue weighted by Gasteiger charge is -1.85. The molecule has 2 unspecified atom stereocenters. The van der Waals surface area contributed by atoms with Crippen molar-refractivity contribution in [3.05, 3.63) is 12.2 Å². The number of hydrogen-bond acceptors (Lipinski definition) is 1. The summed E-state index contributed by atoms with van der Waals surface area (Å²) in [4.78, 5) is 11.2. The highest BCUT2D eigenvalue weighted by Gasteiger charge is 2.49. The molecule has 0 aromatic heterocycles. The van der Waals surface area contributed by atoms with Crippen LogP contribution in [0, 0.1) is 0 Å². The first-order valence-corrected chi connectivity index (χ1v) is 4.38. The molecule has 0 radical (unpaired) electrons. The van der Waals surface area contributed by atoms with Crippen molar-refractivity contribution in [1.29, 1.82) is 0 Å². The van der Waals surface area contributed by atoms with Crippen molar-refractivity contribution in [2.45, 2.75) is 39.8 Å². The second-order valence-electron chi connectivity index (χ2n) is 3.33. The van der Waals surface area contributed by atoms with Crippen LogP contribution in [0.2, 0.25) is 0 Å². The highest BCUT2D eigenvalue weighted by atomic mass is 16.1. The van der Waals surface area contributed by atoms with Crippen LogP contribution in [-0.2, 0) is 4.79 Å². The molecule has 0 spiro atoms. The van der Waals surface area contributed by atoms with Crippen LogP contribution in [0.15, 0.2) is 12.2 Å². The van der Waals surface area contributed by atoms with Gasteiger partial charge in [0, 0.05) is 26.8 Å². The maximum absolute atomic E-state index is 11.2. The molecule has 1 fully saturated rings. The number of hydrogen-bond donors (Lipinski definition) is 0. The summed E-state index contributed by atoms with van der Waals surface area (Å²) in [5.74, 6) is 0.157. The summed E-state index contributed by atoms with van der Waals surface area (Å²) < 4.78 is 2.14. The highest BCUT2D eigenvalue weighted by Crippen LogP contribution is 2.21. The summed E-state index contributed by atoms with van der Waals surface area (Å²) in [5.41, 5.74) is 0.845. The van der Waals surface area contributed by atoms with Gasteiger partial charge in [-0.25, -0.2) is 4.58 Å². The molecule has 2 atom stereocenters. The Labute approximate surface area is 73.6 Å². The third-order valence-electron chi connectivity index (χ3n) is 2.45. The minimum absolute atomic E-state index is 0.157. The number of ketones is 1. The van der Waals surface area contributed by atoms with Crippen molar-refractivity contribution in [2.24, 2.45) is 0 Å². The molecule has 66 valence electrons. The lowest BCUT2D eigenvalue weighted by Crippen LogP contribution is -2.13. The number of allylic oxidation sites excluding steroid dienone is 2. The van der Waals surface area contributed by atoms with Gasteiger partial charge in [-0.15, -0.1) is 0 Å². The van der Waals surface area contributed by atoms with Crippen molar-refractivity contribution in [3.63, 3.8) is 0 Å². The fraction of sp³-hybridized carbons (Fsp3) is 0.600. The Bertz CT molecular complexity index is 253. The Morgan fingerprint density at radius 2 is 1.83 bits per heavy atom. The molecular weight excluding hydrogens is 150 g/mol. The van der Waals surface area contributed by atoms with E-state index in [0.717, 1.165) is 5.71 Å². The first-order valence-electron chi connectivity index (χ1n) is 4.38. The van der Waals surface area contributed by atoms with Gasteiger partial charge in [0.2, 0.25) is 23.6 Å². The van der Waals surface area contributed by atoms with Crippen LogP contribution in [0.4, 0.5) is 0 Å². The van der Waals surface area contributed by atoms with Gasteiger partial charge in [0.1, 0.15) is 0 Å². The van der Waals surface area contributed by atoms with Crippen LogP contribution in [0.3, 0.4) is 0 Å². The second kappa shape index (κ2) is 3.21. The summed E-state index contributed by atoms with van der Waals surface area (Å²) in [5, 5.41) is 0. The summed E-state index contributed by atoms with van der Waals surface area (Å²) in [6, 6.07) is 1.06. The molecule has 0 bridgehead atoms. The SMILES string of the molecule is CC=CC(C(C)=O)=[N+]1C(C)C1C. The lowest BCUT2D eigenvalue weighted by molar-refractivity contribution is -0.375. The predicted octanol–water partition coefficient (Wildman–Crippen LogP) is 1.40. The molecule has 0 saturated carbocycles. The van der Waals surface area contributed by atoms with E-state index in [4.69, 9.17) is 0 Å². The Hall–Kier alpha value is -0.920. The zero-order chi connectivity index (χ0) is 9.30. The van der Waals surface area contributed by atoms with Gasteiger partial charge in [0.15, 0.2) is 0 Å². The normalized spacial score (nSPS) is 27.8. The molecule has 12 heavy (non-hydrogen) atoms. The van der Waals surface area contributed by atoms with Crippen molar-refractivity contribution in [3.8, 4) is 0 Å². The molecule has 0 amide bonds. The topological polar surface area (TPSA) is 20.1 Å². The van der Waals surface area contributed by atoms with Gasteiger partial charge < -0.3 is 0 Å². The monoisotopic (exact) mass is 166 g/mol. The Morgan fingerprint density at radius 3 is 2.08 bits per heavy atom. The van der Waals surface area contributed by atoms with E-state index >= 15 is 0 Å². The minimum atomic E-state index is 0.157. The molecule has 1 aliphatic heterocycles. The van der Waals surface area contributed by atoms with E-state index in [9.17, 15) is 4.79 Å². The fourth-order valence-corrected chi connectivity index (χ4v) is 1.49. The van der Waals surface area contributed by atoms with Crippen LogP contribution in [0.25, 0.3) is 0 Å². The molecule has 2 heteroatoms. The molecule has 0 aliphatic carbocycles. The number of nitrogens with zero attached hydrogens (tertiary/aromatic N) is 1. The quantitative estimate of drug-likeness (QED) is 0.448. The summed E-state index contributed by atoms with van der Waals surface area (Å²) in [7, 11) is 0. The molecule has 1 heterocycles. The van der Waals surface area contributed by atoms with E-state index in [1.165, 1.54) is 0 Å².